The predicted molar refractivity (Wildman–Crippen MR) is 84.6 cm³/mol. The number of aryl methyl sites for hydroxylation is 2. The van der Waals surface area contributed by atoms with Crippen molar-refractivity contribution < 1.29 is 9.53 Å². The summed E-state index contributed by atoms with van der Waals surface area (Å²) in [4.78, 5) is 11.1. The summed E-state index contributed by atoms with van der Waals surface area (Å²) in [6.45, 7) is 4.19. The highest BCUT2D eigenvalue weighted by Crippen LogP contribution is 2.28. The molecule has 2 rings (SSSR count). The Hall–Kier alpha value is -2.20. The molecule has 0 heterocycles. The number of anilines is 1. The van der Waals surface area contributed by atoms with Gasteiger partial charge in [0.1, 0.15) is 12.4 Å². The normalized spacial score (nSPS) is 10.4. The highest BCUT2D eigenvalue weighted by Gasteiger charge is 2.09. The van der Waals surface area contributed by atoms with Gasteiger partial charge in [-0.2, -0.15) is 0 Å². The van der Waals surface area contributed by atoms with Gasteiger partial charge in [0.05, 0.1) is 0 Å². The van der Waals surface area contributed by atoms with Crippen LogP contribution in [0.5, 0.6) is 5.75 Å². The zero-order valence-electron chi connectivity index (χ0n) is 11.9. The molecule has 2 aromatic rings. The lowest BCUT2D eigenvalue weighted by Gasteiger charge is -2.14. The number of rotatable bonds is 4. The van der Waals surface area contributed by atoms with Crippen molar-refractivity contribution >= 4 is 23.2 Å². The molecule has 0 radical (unpaired) electrons. The first-order chi connectivity index (χ1) is 9.88. The summed E-state index contributed by atoms with van der Waals surface area (Å²) in [7, 11) is 0. The standard InChI is InChI=1S/C16H17ClN2O2/c1-9-5-13(18)6-10(2)15(9)21-8-12-4-3-11(16(19)20)7-14(12)17/h3-7H,8,18H2,1-2H3,(H2,19,20). The minimum atomic E-state index is -0.505. The van der Waals surface area contributed by atoms with Gasteiger partial charge in [0.2, 0.25) is 5.91 Å². The second-order valence-electron chi connectivity index (χ2n) is 4.94. The molecule has 4 N–H and O–H groups in total. The number of halogens is 1. The number of hydrogen-bond acceptors (Lipinski definition) is 3. The molecule has 0 aliphatic rings. The van der Waals surface area contributed by atoms with Crippen molar-refractivity contribution in [2.75, 3.05) is 5.73 Å². The van der Waals surface area contributed by atoms with Crippen LogP contribution in [0.15, 0.2) is 30.3 Å². The predicted octanol–water partition coefficient (Wildman–Crippen LogP) is 3.22. The van der Waals surface area contributed by atoms with E-state index in [0.29, 0.717) is 22.9 Å². The van der Waals surface area contributed by atoms with Gasteiger partial charge in [0.25, 0.3) is 0 Å². The first kappa shape index (κ1) is 15.2. The lowest BCUT2D eigenvalue weighted by Crippen LogP contribution is -2.11. The van der Waals surface area contributed by atoms with E-state index in [-0.39, 0.29) is 0 Å². The molecular formula is C16H17ClN2O2. The Bertz CT molecular complexity index is 676. The highest BCUT2D eigenvalue weighted by molar-refractivity contribution is 6.31. The van der Waals surface area contributed by atoms with Gasteiger partial charge in [-0.25, -0.2) is 0 Å². The van der Waals surface area contributed by atoms with Gasteiger partial charge in [0, 0.05) is 21.8 Å². The molecule has 21 heavy (non-hydrogen) atoms. The lowest BCUT2D eigenvalue weighted by atomic mass is 10.1. The van der Waals surface area contributed by atoms with Gasteiger partial charge in [-0.3, -0.25) is 4.79 Å². The molecule has 5 heteroatoms. The Labute approximate surface area is 128 Å². The Morgan fingerprint density at radius 1 is 1.19 bits per heavy atom. The van der Waals surface area contributed by atoms with Crippen LogP contribution >= 0.6 is 11.6 Å². The van der Waals surface area contributed by atoms with Crippen LogP contribution in [-0.2, 0) is 6.61 Å². The Kier molecular flexibility index (Phi) is 4.38. The third-order valence-corrected chi connectivity index (χ3v) is 3.54. The van der Waals surface area contributed by atoms with Crippen LogP contribution in [0.3, 0.4) is 0 Å². The number of ether oxygens (including phenoxy) is 1. The van der Waals surface area contributed by atoms with Crippen LogP contribution < -0.4 is 16.2 Å². The number of carbonyl (C=O) groups is 1. The Morgan fingerprint density at radius 2 is 1.81 bits per heavy atom. The molecule has 0 spiro atoms. The molecule has 110 valence electrons. The number of primary amides is 1. The van der Waals surface area contributed by atoms with E-state index in [1.165, 1.54) is 0 Å². The van der Waals surface area contributed by atoms with E-state index in [2.05, 4.69) is 0 Å². The fourth-order valence-electron chi connectivity index (χ4n) is 2.18. The maximum Gasteiger partial charge on any atom is 0.248 e. The van der Waals surface area contributed by atoms with Crippen LogP contribution in [0.2, 0.25) is 5.02 Å². The molecule has 0 unspecified atom stereocenters. The second kappa shape index (κ2) is 6.06. The minimum Gasteiger partial charge on any atom is -0.488 e. The van der Waals surface area contributed by atoms with Gasteiger partial charge in [-0.1, -0.05) is 17.7 Å². The summed E-state index contributed by atoms with van der Waals surface area (Å²) in [5.41, 5.74) is 14.8. The van der Waals surface area contributed by atoms with E-state index < -0.39 is 5.91 Å². The molecule has 0 atom stereocenters. The molecule has 0 aliphatic heterocycles. The third-order valence-electron chi connectivity index (χ3n) is 3.19. The zero-order chi connectivity index (χ0) is 15.6. The number of benzene rings is 2. The Balaban J connectivity index is 2.19. The number of carbonyl (C=O) groups excluding carboxylic acids is 1. The number of amides is 1. The van der Waals surface area contributed by atoms with Crippen molar-refractivity contribution in [1.29, 1.82) is 0 Å². The molecule has 0 saturated heterocycles. The average molecular weight is 305 g/mol. The van der Waals surface area contributed by atoms with E-state index in [9.17, 15) is 4.79 Å². The summed E-state index contributed by atoms with van der Waals surface area (Å²) >= 11 is 6.14. The molecule has 0 aliphatic carbocycles. The topological polar surface area (TPSA) is 78.3 Å². The maximum absolute atomic E-state index is 11.1. The molecule has 0 saturated carbocycles. The molecule has 0 bridgehead atoms. The molecule has 0 aromatic heterocycles. The summed E-state index contributed by atoms with van der Waals surface area (Å²) in [6, 6.07) is 8.64. The second-order valence-corrected chi connectivity index (χ2v) is 5.35. The molecular weight excluding hydrogens is 288 g/mol. The van der Waals surface area contributed by atoms with E-state index in [1.54, 1.807) is 18.2 Å². The SMILES string of the molecule is Cc1cc(N)cc(C)c1OCc1ccc(C(N)=O)cc1Cl. The molecule has 0 fully saturated rings. The van der Waals surface area contributed by atoms with Crippen LogP contribution in [0.1, 0.15) is 27.0 Å². The summed E-state index contributed by atoms with van der Waals surface area (Å²) in [6.07, 6.45) is 0. The van der Waals surface area contributed by atoms with Crippen molar-refractivity contribution in [3.8, 4) is 5.75 Å². The van der Waals surface area contributed by atoms with Gasteiger partial charge < -0.3 is 16.2 Å². The van der Waals surface area contributed by atoms with Crippen molar-refractivity contribution in [3.05, 3.63) is 57.6 Å². The quantitative estimate of drug-likeness (QED) is 0.851. The van der Waals surface area contributed by atoms with Crippen LogP contribution in [-0.4, -0.2) is 5.91 Å². The minimum absolute atomic E-state index is 0.309. The van der Waals surface area contributed by atoms with Crippen LogP contribution in [0.4, 0.5) is 5.69 Å². The first-order valence-corrected chi connectivity index (χ1v) is 6.84. The molecule has 4 nitrogen and oxygen atoms in total. The fraction of sp³-hybridized carbons (Fsp3) is 0.188. The van der Waals surface area contributed by atoms with E-state index in [1.807, 2.05) is 26.0 Å². The highest BCUT2D eigenvalue weighted by atomic mass is 35.5. The van der Waals surface area contributed by atoms with Gasteiger partial charge >= 0.3 is 0 Å². The zero-order valence-corrected chi connectivity index (χ0v) is 12.7. The monoisotopic (exact) mass is 304 g/mol. The van der Waals surface area contributed by atoms with Crippen LogP contribution in [0.25, 0.3) is 0 Å². The van der Waals surface area contributed by atoms with E-state index >= 15 is 0 Å². The van der Waals surface area contributed by atoms with Crippen molar-refractivity contribution in [2.24, 2.45) is 5.73 Å². The van der Waals surface area contributed by atoms with Crippen molar-refractivity contribution in [1.82, 2.24) is 0 Å². The van der Waals surface area contributed by atoms with E-state index in [0.717, 1.165) is 22.4 Å². The first-order valence-electron chi connectivity index (χ1n) is 6.46. The number of nitrogen functional groups attached to an aromatic ring is 1. The van der Waals surface area contributed by atoms with Gasteiger partial charge in [-0.15, -0.1) is 0 Å². The maximum atomic E-state index is 11.1. The van der Waals surface area contributed by atoms with Crippen molar-refractivity contribution in [2.45, 2.75) is 20.5 Å². The van der Waals surface area contributed by atoms with Crippen molar-refractivity contribution in [3.63, 3.8) is 0 Å². The van der Waals surface area contributed by atoms with Gasteiger partial charge in [0.15, 0.2) is 0 Å². The summed E-state index contributed by atoms with van der Waals surface area (Å²) < 4.78 is 5.83. The fourth-order valence-corrected chi connectivity index (χ4v) is 2.41. The third kappa shape index (κ3) is 3.47. The van der Waals surface area contributed by atoms with E-state index in [4.69, 9.17) is 27.8 Å². The molecule has 2 aromatic carbocycles. The average Bonchev–Trinajstić information content (AvgIpc) is 2.38. The van der Waals surface area contributed by atoms with Gasteiger partial charge in [-0.05, 0) is 49.2 Å². The summed E-state index contributed by atoms with van der Waals surface area (Å²) in [5, 5.41) is 0.456. The molecule has 1 amide bonds. The summed E-state index contributed by atoms with van der Waals surface area (Å²) in [5.74, 6) is 0.286. The number of hydrogen-bond donors (Lipinski definition) is 2. The largest absolute Gasteiger partial charge is 0.488 e. The smallest absolute Gasteiger partial charge is 0.248 e. The van der Waals surface area contributed by atoms with Crippen LogP contribution in [0, 0.1) is 13.8 Å². The number of nitrogens with two attached hydrogens (primary N) is 2. The lowest BCUT2D eigenvalue weighted by molar-refractivity contribution is 0.1000. The Morgan fingerprint density at radius 3 is 2.33 bits per heavy atom.